The highest BCUT2D eigenvalue weighted by Gasteiger charge is 2.36. The number of carbonyl (C=O) groups excluding carboxylic acids is 1. The first-order valence-corrected chi connectivity index (χ1v) is 4.76. The number of fused-ring (bicyclic) bond motifs is 1. The molecule has 0 bridgehead atoms. The SMILES string of the molecule is CC1COc2nc(C(F)(F)F)ncc2C(=O)N1. The first-order valence-electron chi connectivity index (χ1n) is 4.76. The second kappa shape index (κ2) is 3.86. The lowest BCUT2D eigenvalue weighted by molar-refractivity contribution is -0.145. The molecule has 1 aromatic heterocycles. The van der Waals surface area contributed by atoms with E-state index in [1.165, 1.54) is 0 Å². The third-order valence-electron chi connectivity index (χ3n) is 2.10. The Labute approximate surface area is 94.0 Å². The highest BCUT2D eigenvalue weighted by molar-refractivity contribution is 5.96. The molecule has 1 amide bonds. The van der Waals surface area contributed by atoms with Crippen LogP contribution < -0.4 is 10.1 Å². The topological polar surface area (TPSA) is 64.1 Å². The first kappa shape index (κ1) is 11.6. The van der Waals surface area contributed by atoms with E-state index in [2.05, 4.69) is 15.3 Å². The van der Waals surface area contributed by atoms with Crippen LogP contribution in [0, 0.1) is 0 Å². The van der Waals surface area contributed by atoms with Crippen molar-refractivity contribution in [2.75, 3.05) is 6.61 Å². The first-order chi connectivity index (χ1) is 7.88. The molecule has 1 aliphatic rings. The monoisotopic (exact) mass is 247 g/mol. The maximum Gasteiger partial charge on any atom is 0.451 e. The molecule has 0 saturated heterocycles. The molecule has 0 saturated carbocycles. The zero-order valence-corrected chi connectivity index (χ0v) is 8.71. The van der Waals surface area contributed by atoms with E-state index >= 15 is 0 Å². The Hall–Kier alpha value is -1.86. The van der Waals surface area contributed by atoms with Crippen molar-refractivity contribution in [1.82, 2.24) is 15.3 Å². The van der Waals surface area contributed by atoms with Gasteiger partial charge < -0.3 is 10.1 Å². The van der Waals surface area contributed by atoms with Crippen molar-refractivity contribution >= 4 is 5.91 Å². The van der Waals surface area contributed by atoms with Gasteiger partial charge in [-0.25, -0.2) is 4.98 Å². The summed E-state index contributed by atoms with van der Waals surface area (Å²) in [6, 6.07) is -0.300. The van der Waals surface area contributed by atoms with Gasteiger partial charge in [-0.2, -0.15) is 18.2 Å². The molecule has 1 unspecified atom stereocenters. The van der Waals surface area contributed by atoms with Crippen LogP contribution in [0.2, 0.25) is 0 Å². The highest BCUT2D eigenvalue weighted by Crippen LogP contribution is 2.28. The lowest BCUT2D eigenvalue weighted by atomic mass is 10.3. The van der Waals surface area contributed by atoms with Gasteiger partial charge in [0.25, 0.3) is 5.91 Å². The molecule has 1 atom stereocenters. The molecule has 8 heteroatoms. The number of hydrogen-bond donors (Lipinski definition) is 1. The van der Waals surface area contributed by atoms with Gasteiger partial charge in [0, 0.05) is 6.20 Å². The second-order valence-electron chi connectivity index (χ2n) is 3.60. The van der Waals surface area contributed by atoms with Gasteiger partial charge in [-0.3, -0.25) is 4.79 Å². The van der Waals surface area contributed by atoms with Crippen LogP contribution in [0.5, 0.6) is 5.88 Å². The fourth-order valence-electron chi connectivity index (χ4n) is 1.32. The number of hydrogen-bond acceptors (Lipinski definition) is 4. The molecule has 2 rings (SSSR count). The predicted octanol–water partition coefficient (Wildman–Crippen LogP) is 1.01. The van der Waals surface area contributed by atoms with Crippen molar-refractivity contribution in [3.05, 3.63) is 17.6 Å². The Morgan fingerprint density at radius 2 is 2.24 bits per heavy atom. The number of nitrogens with one attached hydrogen (secondary N) is 1. The molecule has 1 aliphatic heterocycles. The molecule has 0 spiro atoms. The van der Waals surface area contributed by atoms with E-state index < -0.39 is 17.9 Å². The van der Waals surface area contributed by atoms with Crippen LogP contribution in [0.3, 0.4) is 0 Å². The normalized spacial score (nSPS) is 20.0. The van der Waals surface area contributed by atoms with Crippen LogP contribution in [0.1, 0.15) is 23.1 Å². The Balaban J connectivity index is 2.43. The summed E-state index contributed by atoms with van der Waals surface area (Å²) in [5.41, 5.74) is -0.0950. The Kier molecular flexibility index (Phi) is 2.64. The number of ether oxygens (including phenoxy) is 1. The Morgan fingerprint density at radius 3 is 2.88 bits per heavy atom. The fraction of sp³-hybridized carbons (Fsp3) is 0.444. The van der Waals surface area contributed by atoms with E-state index in [4.69, 9.17) is 4.74 Å². The second-order valence-corrected chi connectivity index (χ2v) is 3.60. The van der Waals surface area contributed by atoms with E-state index in [9.17, 15) is 18.0 Å². The van der Waals surface area contributed by atoms with Crippen molar-refractivity contribution in [3.63, 3.8) is 0 Å². The molecular formula is C9H8F3N3O2. The number of nitrogens with zero attached hydrogens (tertiary/aromatic N) is 2. The third-order valence-corrected chi connectivity index (χ3v) is 2.10. The maximum absolute atomic E-state index is 12.4. The van der Waals surface area contributed by atoms with Crippen LogP contribution in [0.15, 0.2) is 6.20 Å². The average Bonchev–Trinajstić information content (AvgIpc) is 2.37. The number of halogens is 3. The van der Waals surface area contributed by atoms with E-state index in [-0.39, 0.29) is 24.1 Å². The van der Waals surface area contributed by atoms with Crippen molar-refractivity contribution in [1.29, 1.82) is 0 Å². The van der Waals surface area contributed by atoms with E-state index in [0.29, 0.717) is 0 Å². The van der Waals surface area contributed by atoms with Crippen LogP contribution in [0.25, 0.3) is 0 Å². The fourth-order valence-corrected chi connectivity index (χ4v) is 1.32. The molecule has 92 valence electrons. The number of amides is 1. The van der Waals surface area contributed by atoms with Crippen molar-refractivity contribution < 1.29 is 22.7 Å². The summed E-state index contributed by atoms with van der Waals surface area (Å²) in [4.78, 5) is 17.8. The molecule has 17 heavy (non-hydrogen) atoms. The molecule has 1 N–H and O–H groups in total. The minimum absolute atomic E-state index is 0.0626. The van der Waals surface area contributed by atoms with Crippen molar-refractivity contribution in [2.45, 2.75) is 19.1 Å². The maximum atomic E-state index is 12.4. The summed E-state index contributed by atoms with van der Waals surface area (Å²) in [7, 11) is 0. The van der Waals surface area contributed by atoms with Crippen molar-refractivity contribution in [2.24, 2.45) is 0 Å². The summed E-state index contributed by atoms with van der Waals surface area (Å²) < 4.78 is 42.1. The number of alkyl halides is 3. The zero-order chi connectivity index (χ0) is 12.6. The lowest BCUT2D eigenvalue weighted by Crippen LogP contribution is -2.33. The Morgan fingerprint density at radius 1 is 1.53 bits per heavy atom. The molecule has 0 aromatic carbocycles. The Bertz CT molecular complexity index is 461. The summed E-state index contributed by atoms with van der Waals surface area (Å²) in [5, 5.41) is 2.53. The molecule has 0 fully saturated rings. The van der Waals surface area contributed by atoms with E-state index in [0.717, 1.165) is 6.20 Å². The van der Waals surface area contributed by atoms with Gasteiger partial charge in [0.2, 0.25) is 11.7 Å². The molecule has 0 radical (unpaired) electrons. The number of aromatic nitrogens is 2. The third kappa shape index (κ3) is 2.29. The number of rotatable bonds is 0. The summed E-state index contributed by atoms with van der Waals surface area (Å²) >= 11 is 0. The molecule has 2 heterocycles. The summed E-state index contributed by atoms with van der Waals surface area (Å²) in [6.07, 6.45) is -3.84. The minimum atomic E-state index is -4.66. The van der Waals surface area contributed by atoms with Gasteiger partial charge in [0.15, 0.2) is 0 Å². The molecule has 5 nitrogen and oxygen atoms in total. The van der Waals surface area contributed by atoms with Gasteiger partial charge in [-0.1, -0.05) is 0 Å². The largest absolute Gasteiger partial charge is 0.475 e. The zero-order valence-electron chi connectivity index (χ0n) is 8.71. The van der Waals surface area contributed by atoms with Crippen LogP contribution >= 0.6 is 0 Å². The molecule has 1 aromatic rings. The average molecular weight is 247 g/mol. The van der Waals surface area contributed by atoms with Crippen LogP contribution in [-0.2, 0) is 6.18 Å². The van der Waals surface area contributed by atoms with Gasteiger partial charge in [-0.15, -0.1) is 0 Å². The summed E-state index contributed by atoms with van der Waals surface area (Å²) in [6.45, 7) is 1.73. The van der Waals surface area contributed by atoms with Crippen LogP contribution in [0.4, 0.5) is 13.2 Å². The lowest BCUT2D eigenvalue weighted by Gasteiger charge is -2.08. The van der Waals surface area contributed by atoms with Gasteiger partial charge in [-0.05, 0) is 6.92 Å². The number of carbonyl (C=O) groups is 1. The summed E-state index contributed by atoms with van der Waals surface area (Å²) in [5.74, 6) is -2.20. The van der Waals surface area contributed by atoms with Crippen molar-refractivity contribution in [3.8, 4) is 5.88 Å². The van der Waals surface area contributed by atoms with E-state index in [1.807, 2.05) is 0 Å². The van der Waals surface area contributed by atoms with Crippen LogP contribution in [-0.4, -0.2) is 28.5 Å². The van der Waals surface area contributed by atoms with Gasteiger partial charge in [0.05, 0.1) is 6.04 Å². The minimum Gasteiger partial charge on any atom is -0.475 e. The molecular weight excluding hydrogens is 239 g/mol. The van der Waals surface area contributed by atoms with E-state index in [1.54, 1.807) is 6.92 Å². The standard InChI is InChI=1S/C9H8F3N3O2/c1-4-3-17-7-5(6(16)14-4)2-13-8(15-7)9(10,11)12/h2,4H,3H2,1H3,(H,14,16). The highest BCUT2D eigenvalue weighted by atomic mass is 19.4. The predicted molar refractivity (Wildman–Crippen MR) is 49.5 cm³/mol. The molecule has 0 aliphatic carbocycles. The smallest absolute Gasteiger partial charge is 0.451 e. The van der Waals surface area contributed by atoms with Gasteiger partial charge >= 0.3 is 6.18 Å². The van der Waals surface area contributed by atoms with Gasteiger partial charge in [0.1, 0.15) is 12.2 Å². The quantitative estimate of drug-likeness (QED) is 0.743.